The van der Waals surface area contributed by atoms with Crippen LogP contribution in [0.4, 0.5) is 0 Å². The van der Waals surface area contributed by atoms with Gasteiger partial charge in [0.1, 0.15) is 5.82 Å². The fourth-order valence-electron chi connectivity index (χ4n) is 3.51. The van der Waals surface area contributed by atoms with Crippen molar-refractivity contribution in [3.05, 3.63) is 75.8 Å². The minimum Gasteiger partial charge on any atom is -0.273 e. The van der Waals surface area contributed by atoms with E-state index in [0.29, 0.717) is 16.7 Å². The molecule has 1 amide bonds. The van der Waals surface area contributed by atoms with Crippen LogP contribution < -0.4 is 11.0 Å². The van der Waals surface area contributed by atoms with Gasteiger partial charge in [0.05, 0.1) is 10.9 Å². The Bertz CT molecular complexity index is 1070. The van der Waals surface area contributed by atoms with Crippen LogP contribution in [0.25, 0.3) is 10.9 Å². The van der Waals surface area contributed by atoms with E-state index in [-0.39, 0.29) is 29.2 Å². The molecule has 0 bridgehead atoms. The Morgan fingerprint density at radius 1 is 1.15 bits per heavy atom. The molecule has 138 valence electrons. The normalized spacial score (nSPS) is 18.7. The number of para-hydroxylation sites is 1. The van der Waals surface area contributed by atoms with Crippen molar-refractivity contribution in [1.29, 1.82) is 0 Å². The molecule has 0 radical (unpaired) electrons. The van der Waals surface area contributed by atoms with E-state index < -0.39 is 0 Å². The number of fused-ring (bicyclic) bond motifs is 1. The van der Waals surface area contributed by atoms with Gasteiger partial charge in [0.2, 0.25) is 5.91 Å². The summed E-state index contributed by atoms with van der Waals surface area (Å²) in [5, 5.41) is 0.507. The van der Waals surface area contributed by atoms with Crippen molar-refractivity contribution in [3.63, 3.8) is 0 Å². The van der Waals surface area contributed by atoms with Crippen LogP contribution in [0.15, 0.2) is 53.3 Å². The van der Waals surface area contributed by atoms with Crippen molar-refractivity contribution in [2.24, 2.45) is 5.92 Å². The van der Waals surface area contributed by atoms with Crippen LogP contribution in [0.5, 0.6) is 0 Å². The number of hydrogen-bond acceptors (Lipinski definition) is 3. The molecule has 1 saturated carbocycles. The molecule has 0 saturated heterocycles. The molecular weight excluding hydrogens is 338 g/mol. The Morgan fingerprint density at radius 3 is 2.56 bits per heavy atom. The van der Waals surface area contributed by atoms with E-state index in [9.17, 15) is 9.59 Å². The Hall–Kier alpha value is -2.95. The van der Waals surface area contributed by atoms with Crippen LogP contribution in [-0.2, 0) is 4.79 Å². The standard InChI is InChI=1S/C22H23N3O2/c1-13(2)20-23-19-7-5-4-6-16(19)22(27)25(20)24-21(26)18-12-17(18)15-10-8-14(3)9-11-15/h4-11,13,17-18H,12H2,1-3H3,(H,24,26)/t17-,18-/m1/s1. The van der Waals surface area contributed by atoms with Crippen molar-refractivity contribution < 1.29 is 4.79 Å². The van der Waals surface area contributed by atoms with E-state index in [1.165, 1.54) is 15.8 Å². The molecule has 1 aliphatic carbocycles. The summed E-state index contributed by atoms with van der Waals surface area (Å²) in [5.74, 6) is 0.569. The molecule has 1 aromatic heterocycles. The van der Waals surface area contributed by atoms with Crippen LogP contribution in [0.1, 0.15) is 49.1 Å². The van der Waals surface area contributed by atoms with E-state index in [1.54, 1.807) is 12.1 Å². The highest BCUT2D eigenvalue weighted by Gasteiger charge is 2.44. The Balaban J connectivity index is 1.62. The summed E-state index contributed by atoms with van der Waals surface area (Å²) in [6.07, 6.45) is 0.807. The van der Waals surface area contributed by atoms with E-state index in [4.69, 9.17) is 0 Å². The molecule has 1 heterocycles. The summed E-state index contributed by atoms with van der Waals surface area (Å²) < 4.78 is 1.33. The third-order valence-corrected chi connectivity index (χ3v) is 5.17. The third-order valence-electron chi connectivity index (χ3n) is 5.17. The Labute approximate surface area is 158 Å². The molecular formula is C22H23N3O2. The zero-order valence-corrected chi connectivity index (χ0v) is 15.8. The Kier molecular flexibility index (Phi) is 4.30. The van der Waals surface area contributed by atoms with Gasteiger partial charge in [0, 0.05) is 11.8 Å². The van der Waals surface area contributed by atoms with Crippen molar-refractivity contribution in [1.82, 2.24) is 9.66 Å². The molecule has 0 aliphatic heterocycles. The maximum Gasteiger partial charge on any atom is 0.280 e. The van der Waals surface area contributed by atoms with Crippen molar-refractivity contribution in [3.8, 4) is 0 Å². The molecule has 3 aromatic rings. The van der Waals surface area contributed by atoms with Gasteiger partial charge in [-0.15, -0.1) is 0 Å². The maximum atomic E-state index is 12.9. The van der Waals surface area contributed by atoms with E-state index >= 15 is 0 Å². The van der Waals surface area contributed by atoms with Crippen LogP contribution in [0.2, 0.25) is 0 Å². The molecule has 4 rings (SSSR count). The number of carbonyl (C=O) groups excluding carboxylic acids is 1. The number of aromatic nitrogens is 2. The first-order chi connectivity index (χ1) is 13.0. The lowest BCUT2D eigenvalue weighted by molar-refractivity contribution is -0.118. The number of nitrogens with zero attached hydrogens (tertiary/aromatic N) is 2. The van der Waals surface area contributed by atoms with E-state index in [0.717, 1.165) is 6.42 Å². The molecule has 27 heavy (non-hydrogen) atoms. The molecule has 2 aromatic carbocycles. The minimum atomic E-state index is -0.231. The first-order valence-electron chi connectivity index (χ1n) is 9.35. The predicted octanol–water partition coefficient (Wildman–Crippen LogP) is 3.70. The second-order valence-corrected chi connectivity index (χ2v) is 7.62. The summed E-state index contributed by atoms with van der Waals surface area (Å²) in [4.78, 5) is 30.3. The van der Waals surface area contributed by atoms with Crippen LogP contribution in [0, 0.1) is 12.8 Å². The van der Waals surface area contributed by atoms with Gasteiger partial charge < -0.3 is 0 Å². The van der Waals surface area contributed by atoms with Gasteiger partial charge >= 0.3 is 0 Å². The zero-order chi connectivity index (χ0) is 19.1. The van der Waals surface area contributed by atoms with Crippen LogP contribution in [-0.4, -0.2) is 15.6 Å². The van der Waals surface area contributed by atoms with Gasteiger partial charge in [-0.05, 0) is 37.0 Å². The molecule has 1 fully saturated rings. The number of aryl methyl sites for hydroxylation is 1. The van der Waals surface area contributed by atoms with Gasteiger partial charge in [0.25, 0.3) is 5.56 Å². The van der Waals surface area contributed by atoms with E-state index in [2.05, 4.69) is 34.7 Å². The third kappa shape index (κ3) is 3.25. The number of carbonyl (C=O) groups is 1. The SMILES string of the molecule is Cc1ccc([C@H]2C[C@H]2C(=O)Nn2c(C(C)C)nc3ccccc3c2=O)cc1. The van der Waals surface area contributed by atoms with Crippen LogP contribution >= 0.6 is 0 Å². The second-order valence-electron chi connectivity index (χ2n) is 7.62. The lowest BCUT2D eigenvalue weighted by atomic mass is 10.1. The zero-order valence-electron chi connectivity index (χ0n) is 15.8. The highest BCUT2D eigenvalue weighted by molar-refractivity contribution is 5.90. The highest BCUT2D eigenvalue weighted by Crippen LogP contribution is 2.47. The number of rotatable bonds is 4. The second kappa shape index (κ2) is 6.65. The molecule has 1 N–H and O–H groups in total. The quantitative estimate of drug-likeness (QED) is 0.771. The summed E-state index contributed by atoms with van der Waals surface area (Å²) >= 11 is 0. The van der Waals surface area contributed by atoms with Crippen LogP contribution in [0.3, 0.4) is 0 Å². The van der Waals surface area contributed by atoms with Crippen molar-refractivity contribution in [2.45, 2.75) is 39.0 Å². The summed E-state index contributed by atoms with van der Waals surface area (Å²) in [6.45, 7) is 5.98. The summed E-state index contributed by atoms with van der Waals surface area (Å²) in [5.41, 5.74) is 5.63. The highest BCUT2D eigenvalue weighted by atomic mass is 16.2. The molecule has 1 aliphatic rings. The fourth-order valence-corrected chi connectivity index (χ4v) is 3.51. The fraction of sp³-hybridized carbons (Fsp3) is 0.318. The smallest absolute Gasteiger partial charge is 0.273 e. The minimum absolute atomic E-state index is 0.00899. The monoisotopic (exact) mass is 361 g/mol. The Morgan fingerprint density at radius 2 is 1.85 bits per heavy atom. The molecule has 2 atom stereocenters. The van der Waals surface area contributed by atoms with Crippen molar-refractivity contribution >= 4 is 16.8 Å². The lowest BCUT2D eigenvalue weighted by Gasteiger charge is -2.16. The average Bonchev–Trinajstić information content (AvgIpc) is 3.45. The van der Waals surface area contributed by atoms with Gasteiger partial charge in [0.15, 0.2) is 0 Å². The molecule has 0 spiro atoms. The predicted molar refractivity (Wildman–Crippen MR) is 106 cm³/mol. The molecule has 5 heteroatoms. The summed E-state index contributed by atoms with van der Waals surface area (Å²) in [7, 11) is 0. The van der Waals surface area contributed by atoms with Gasteiger partial charge in [-0.25, -0.2) is 9.66 Å². The molecule has 5 nitrogen and oxygen atoms in total. The summed E-state index contributed by atoms with van der Waals surface area (Å²) in [6, 6.07) is 15.5. The molecule has 0 unspecified atom stereocenters. The number of amides is 1. The number of benzene rings is 2. The first-order valence-corrected chi connectivity index (χ1v) is 9.35. The number of nitrogens with one attached hydrogen (secondary N) is 1. The van der Waals surface area contributed by atoms with Crippen molar-refractivity contribution in [2.75, 3.05) is 5.43 Å². The number of hydrogen-bond donors (Lipinski definition) is 1. The average molecular weight is 361 g/mol. The van der Waals surface area contributed by atoms with Gasteiger partial charge in [-0.2, -0.15) is 0 Å². The lowest BCUT2D eigenvalue weighted by Crippen LogP contribution is -2.37. The van der Waals surface area contributed by atoms with E-state index in [1.807, 2.05) is 32.9 Å². The first kappa shape index (κ1) is 17.5. The van der Waals surface area contributed by atoms with Gasteiger partial charge in [-0.1, -0.05) is 55.8 Å². The largest absolute Gasteiger partial charge is 0.280 e. The maximum absolute atomic E-state index is 12.9. The topological polar surface area (TPSA) is 64.0 Å². The van der Waals surface area contributed by atoms with Gasteiger partial charge in [-0.3, -0.25) is 15.0 Å².